The lowest BCUT2D eigenvalue weighted by Gasteiger charge is -2.09. The maximum absolute atomic E-state index is 13.0. The second-order valence-corrected chi connectivity index (χ2v) is 4.41. The highest BCUT2D eigenvalue weighted by atomic mass is 79.9. The molecule has 1 aromatic heterocycles. The molecule has 0 saturated heterocycles. The van der Waals surface area contributed by atoms with Gasteiger partial charge in [-0.3, -0.25) is 0 Å². The fourth-order valence-corrected chi connectivity index (χ4v) is 2.04. The van der Waals surface area contributed by atoms with E-state index in [1.165, 1.54) is 18.5 Å². The Morgan fingerprint density at radius 2 is 2.06 bits per heavy atom. The monoisotopic (exact) mass is 310 g/mol. The summed E-state index contributed by atoms with van der Waals surface area (Å²) >= 11 is 3.41. The number of anilines is 2. The van der Waals surface area contributed by atoms with Crippen molar-refractivity contribution in [1.29, 1.82) is 0 Å². The van der Waals surface area contributed by atoms with Gasteiger partial charge < -0.3 is 10.6 Å². The maximum Gasteiger partial charge on any atom is 0.146 e. The maximum atomic E-state index is 13.0. The molecule has 18 heavy (non-hydrogen) atoms. The molecule has 0 bridgehead atoms. The van der Waals surface area contributed by atoms with Crippen LogP contribution in [0.3, 0.4) is 0 Å². The van der Waals surface area contributed by atoms with Crippen LogP contribution < -0.4 is 10.6 Å². The molecule has 0 unspecified atom stereocenters. The van der Waals surface area contributed by atoms with E-state index in [2.05, 4.69) is 36.5 Å². The van der Waals surface area contributed by atoms with Gasteiger partial charge in [0.25, 0.3) is 0 Å². The van der Waals surface area contributed by atoms with Crippen LogP contribution in [0.5, 0.6) is 0 Å². The van der Waals surface area contributed by atoms with Crippen LogP contribution in [-0.2, 0) is 6.54 Å². The summed E-state index contributed by atoms with van der Waals surface area (Å²) in [5.74, 6) is 1.12. The van der Waals surface area contributed by atoms with Crippen molar-refractivity contribution in [2.24, 2.45) is 0 Å². The van der Waals surface area contributed by atoms with Crippen molar-refractivity contribution in [1.82, 2.24) is 9.97 Å². The second kappa shape index (κ2) is 5.77. The van der Waals surface area contributed by atoms with Crippen molar-refractivity contribution in [3.63, 3.8) is 0 Å². The third kappa shape index (κ3) is 2.95. The molecule has 94 valence electrons. The molecule has 6 heteroatoms. The highest BCUT2D eigenvalue weighted by molar-refractivity contribution is 9.10. The molecule has 4 nitrogen and oxygen atoms in total. The Balaban J connectivity index is 2.11. The molecule has 2 N–H and O–H groups in total. The fourth-order valence-electron chi connectivity index (χ4n) is 1.50. The normalized spacial score (nSPS) is 10.2. The van der Waals surface area contributed by atoms with Gasteiger partial charge >= 0.3 is 0 Å². The molecule has 0 aliphatic heterocycles. The molecule has 0 aliphatic rings. The van der Waals surface area contributed by atoms with E-state index in [-0.39, 0.29) is 5.82 Å². The van der Waals surface area contributed by atoms with E-state index in [1.807, 2.05) is 6.07 Å². The number of hydrogen-bond acceptors (Lipinski definition) is 4. The first-order chi connectivity index (χ1) is 8.70. The summed E-state index contributed by atoms with van der Waals surface area (Å²) in [5.41, 5.74) is 0.853. The molecule has 1 heterocycles. The summed E-state index contributed by atoms with van der Waals surface area (Å²) in [5, 5.41) is 6.07. The quantitative estimate of drug-likeness (QED) is 0.911. The topological polar surface area (TPSA) is 49.8 Å². The summed E-state index contributed by atoms with van der Waals surface area (Å²) in [6.45, 7) is 0.497. The Morgan fingerprint density at radius 3 is 2.78 bits per heavy atom. The van der Waals surface area contributed by atoms with Crippen LogP contribution in [0.1, 0.15) is 5.56 Å². The number of rotatable bonds is 4. The number of benzene rings is 1. The molecule has 0 radical (unpaired) electrons. The van der Waals surface area contributed by atoms with E-state index in [0.717, 1.165) is 10.0 Å². The zero-order chi connectivity index (χ0) is 13.0. The summed E-state index contributed by atoms with van der Waals surface area (Å²) in [7, 11) is 1.78. The van der Waals surface area contributed by atoms with Crippen molar-refractivity contribution in [3.05, 3.63) is 46.4 Å². The predicted octanol–water partition coefficient (Wildman–Crippen LogP) is 3.03. The zero-order valence-corrected chi connectivity index (χ0v) is 11.3. The molecule has 0 spiro atoms. The standard InChI is InChI=1S/C12H12BrFN4/c1-15-11-10(13)12(18-7-17-11)16-6-8-3-2-4-9(14)5-8/h2-5,7H,6H2,1H3,(H2,15,16,17,18). The minimum atomic E-state index is -0.244. The smallest absolute Gasteiger partial charge is 0.146 e. The van der Waals surface area contributed by atoms with E-state index < -0.39 is 0 Å². The number of halogens is 2. The molecular formula is C12H12BrFN4. The van der Waals surface area contributed by atoms with Gasteiger partial charge in [-0.25, -0.2) is 14.4 Å². The van der Waals surface area contributed by atoms with E-state index in [0.29, 0.717) is 18.2 Å². The Morgan fingerprint density at radius 1 is 1.28 bits per heavy atom. The first-order valence-electron chi connectivity index (χ1n) is 5.37. The average Bonchev–Trinajstić information content (AvgIpc) is 2.38. The van der Waals surface area contributed by atoms with Crippen molar-refractivity contribution in [2.75, 3.05) is 17.7 Å². The van der Waals surface area contributed by atoms with Crippen molar-refractivity contribution >= 4 is 27.6 Å². The highest BCUT2D eigenvalue weighted by Crippen LogP contribution is 2.26. The van der Waals surface area contributed by atoms with Gasteiger partial charge in [0.1, 0.15) is 28.3 Å². The van der Waals surface area contributed by atoms with E-state index in [9.17, 15) is 4.39 Å². The Kier molecular flexibility index (Phi) is 4.09. The molecule has 2 rings (SSSR count). The Bertz CT molecular complexity index is 547. The van der Waals surface area contributed by atoms with Crippen molar-refractivity contribution in [2.45, 2.75) is 6.54 Å². The minimum Gasteiger partial charge on any atom is -0.372 e. The number of nitrogens with zero attached hydrogens (tertiary/aromatic N) is 2. The minimum absolute atomic E-state index is 0.244. The summed E-state index contributed by atoms with van der Waals surface area (Å²) < 4.78 is 13.8. The van der Waals surface area contributed by atoms with Crippen LogP contribution in [0.4, 0.5) is 16.0 Å². The lowest BCUT2D eigenvalue weighted by Crippen LogP contribution is -2.05. The first kappa shape index (κ1) is 12.8. The van der Waals surface area contributed by atoms with Crippen molar-refractivity contribution in [3.8, 4) is 0 Å². The van der Waals surface area contributed by atoms with Gasteiger partial charge in [-0.05, 0) is 33.6 Å². The van der Waals surface area contributed by atoms with Crippen LogP contribution >= 0.6 is 15.9 Å². The van der Waals surface area contributed by atoms with Crippen LogP contribution in [0.2, 0.25) is 0 Å². The predicted molar refractivity (Wildman–Crippen MR) is 73.0 cm³/mol. The summed E-state index contributed by atoms with van der Waals surface area (Å²) in [6.07, 6.45) is 1.46. The van der Waals surface area contributed by atoms with E-state index in [4.69, 9.17) is 0 Å². The molecular weight excluding hydrogens is 299 g/mol. The lowest BCUT2D eigenvalue weighted by molar-refractivity contribution is 0.626. The van der Waals surface area contributed by atoms with Gasteiger partial charge in [-0.15, -0.1) is 0 Å². The third-order valence-corrected chi connectivity index (χ3v) is 3.13. The summed E-state index contributed by atoms with van der Waals surface area (Å²) in [4.78, 5) is 8.18. The van der Waals surface area contributed by atoms with Gasteiger partial charge in [0.15, 0.2) is 0 Å². The largest absolute Gasteiger partial charge is 0.372 e. The molecule has 0 aliphatic carbocycles. The van der Waals surface area contributed by atoms with Gasteiger partial charge in [0.2, 0.25) is 0 Å². The average molecular weight is 311 g/mol. The van der Waals surface area contributed by atoms with Gasteiger partial charge in [-0.1, -0.05) is 12.1 Å². The third-order valence-electron chi connectivity index (χ3n) is 2.38. The van der Waals surface area contributed by atoms with Gasteiger partial charge in [0, 0.05) is 13.6 Å². The van der Waals surface area contributed by atoms with Gasteiger partial charge in [0.05, 0.1) is 0 Å². The molecule has 0 amide bonds. The molecule has 0 fully saturated rings. The number of hydrogen-bond donors (Lipinski definition) is 2. The lowest BCUT2D eigenvalue weighted by atomic mass is 10.2. The Hall–Kier alpha value is -1.69. The van der Waals surface area contributed by atoms with Crippen LogP contribution in [-0.4, -0.2) is 17.0 Å². The van der Waals surface area contributed by atoms with Gasteiger partial charge in [-0.2, -0.15) is 0 Å². The second-order valence-electron chi connectivity index (χ2n) is 3.62. The first-order valence-corrected chi connectivity index (χ1v) is 6.16. The van der Waals surface area contributed by atoms with E-state index >= 15 is 0 Å². The molecule has 1 aromatic carbocycles. The SMILES string of the molecule is CNc1ncnc(NCc2cccc(F)c2)c1Br. The highest BCUT2D eigenvalue weighted by Gasteiger charge is 2.06. The van der Waals surface area contributed by atoms with Crippen LogP contribution in [0.25, 0.3) is 0 Å². The van der Waals surface area contributed by atoms with Crippen LogP contribution in [0, 0.1) is 5.82 Å². The fraction of sp³-hybridized carbons (Fsp3) is 0.167. The zero-order valence-electron chi connectivity index (χ0n) is 9.74. The summed E-state index contributed by atoms with van der Waals surface area (Å²) in [6, 6.07) is 6.44. The Labute approximate surface area is 113 Å². The molecule has 0 saturated carbocycles. The van der Waals surface area contributed by atoms with E-state index in [1.54, 1.807) is 13.1 Å². The number of aromatic nitrogens is 2. The van der Waals surface area contributed by atoms with Crippen molar-refractivity contribution < 1.29 is 4.39 Å². The van der Waals surface area contributed by atoms with Crippen LogP contribution in [0.15, 0.2) is 35.1 Å². The molecule has 0 atom stereocenters. The molecule has 2 aromatic rings. The number of nitrogens with one attached hydrogen (secondary N) is 2.